The van der Waals surface area contributed by atoms with E-state index in [0.717, 1.165) is 29.1 Å². The molecule has 7 heteroatoms. The Balaban J connectivity index is 1.70. The number of hydrogen-bond donors (Lipinski definition) is 1. The fourth-order valence-electron chi connectivity index (χ4n) is 3.90. The van der Waals surface area contributed by atoms with E-state index in [1.807, 2.05) is 24.4 Å². The minimum absolute atomic E-state index is 0.0828. The fourth-order valence-corrected chi connectivity index (χ4v) is 4.21. The number of rotatable bonds is 3. The Labute approximate surface area is 174 Å². The van der Waals surface area contributed by atoms with Crippen LogP contribution in [0.2, 0.25) is 0 Å². The number of benzene rings is 2. The fraction of sp³-hybridized carbons (Fsp3) is 0.227. The Hall–Kier alpha value is -3.19. The Bertz CT molecular complexity index is 1090. The maximum Gasteiger partial charge on any atom is 0.269 e. The monoisotopic (exact) mass is 406 g/mol. The zero-order chi connectivity index (χ0) is 20.5. The van der Waals surface area contributed by atoms with Gasteiger partial charge in [0, 0.05) is 42.8 Å². The molecule has 1 N–H and O–H groups in total. The molecule has 0 saturated carbocycles. The third kappa shape index (κ3) is 3.73. The van der Waals surface area contributed by atoms with Gasteiger partial charge in [-0.1, -0.05) is 29.8 Å². The lowest BCUT2D eigenvalue weighted by Crippen LogP contribution is -2.44. The van der Waals surface area contributed by atoms with Crippen LogP contribution in [0, 0.1) is 24.0 Å². The summed E-state index contributed by atoms with van der Waals surface area (Å²) in [5, 5.41) is 15.3. The Kier molecular flexibility index (Phi) is 5.07. The van der Waals surface area contributed by atoms with Gasteiger partial charge in [-0.2, -0.15) is 0 Å². The summed E-state index contributed by atoms with van der Waals surface area (Å²) in [4.78, 5) is 13.1. The minimum atomic E-state index is -0.359. The highest BCUT2D eigenvalue weighted by Crippen LogP contribution is 2.34. The molecule has 0 fully saturated rings. The topological polar surface area (TPSA) is 63.3 Å². The molecule has 1 aliphatic rings. The molecule has 0 saturated heterocycles. The van der Waals surface area contributed by atoms with Gasteiger partial charge in [0.15, 0.2) is 5.11 Å². The lowest BCUT2D eigenvalue weighted by molar-refractivity contribution is -0.384. The summed E-state index contributed by atoms with van der Waals surface area (Å²) in [5.74, 6) is 0. The molecule has 0 bridgehead atoms. The molecule has 0 unspecified atom stereocenters. The Morgan fingerprint density at radius 3 is 2.72 bits per heavy atom. The number of nitrogens with zero attached hydrogens (tertiary/aromatic N) is 3. The van der Waals surface area contributed by atoms with Gasteiger partial charge in [0.25, 0.3) is 5.69 Å². The van der Waals surface area contributed by atoms with E-state index in [-0.39, 0.29) is 16.7 Å². The molecule has 0 radical (unpaired) electrons. The molecule has 6 nitrogen and oxygen atoms in total. The van der Waals surface area contributed by atoms with Crippen LogP contribution in [0.25, 0.3) is 0 Å². The molecule has 3 aromatic rings. The first-order chi connectivity index (χ1) is 13.9. The van der Waals surface area contributed by atoms with Gasteiger partial charge in [-0.25, -0.2) is 0 Å². The van der Waals surface area contributed by atoms with Crippen LogP contribution in [0.1, 0.15) is 28.4 Å². The lowest BCUT2D eigenvalue weighted by atomic mass is 9.99. The second-order valence-corrected chi connectivity index (χ2v) is 7.71. The van der Waals surface area contributed by atoms with Crippen molar-refractivity contribution < 1.29 is 4.92 Å². The van der Waals surface area contributed by atoms with Gasteiger partial charge < -0.3 is 14.8 Å². The number of nitrogens with one attached hydrogen (secondary N) is 1. The van der Waals surface area contributed by atoms with Crippen LogP contribution in [-0.4, -0.2) is 26.0 Å². The number of anilines is 1. The van der Waals surface area contributed by atoms with E-state index >= 15 is 0 Å². The molecule has 0 aliphatic carbocycles. The zero-order valence-corrected chi connectivity index (χ0v) is 17.1. The van der Waals surface area contributed by atoms with Crippen molar-refractivity contribution >= 4 is 28.7 Å². The van der Waals surface area contributed by atoms with E-state index < -0.39 is 0 Å². The summed E-state index contributed by atoms with van der Waals surface area (Å²) < 4.78 is 2.18. The Morgan fingerprint density at radius 2 is 1.97 bits per heavy atom. The first-order valence-electron chi connectivity index (χ1n) is 9.48. The normalized spacial score (nSPS) is 15.7. The van der Waals surface area contributed by atoms with E-state index in [2.05, 4.69) is 46.8 Å². The van der Waals surface area contributed by atoms with E-state index in [4.69, 9.17) is 12.2 Å². The van der Waals surface area contributed by atoms with Crippen molar-refractivity contribution in [1.82, 2.24) is 9.47 Å². The van der Waals surface area contributed by atoms with Gasteiger partial charge in [0.1, 0.15) is 0 Å². The van der Waals surface area contributed by atoms with Crippen molar-refractivity contribution in [1.29, 1.82) is 0 Å². The molecule has 2 heterocycles. The molecule has 1 atom stereocenters. The molecule has 2 aromatic carbocycles. The van der Waals surface area contributed by atoms with Crippen molar-refractivity contribution in [2.24, 2.45) is 0 Å². The van der Waals surface area contributed by atoms with E-state index in [1.54, 1.807) is 12.1 Å². The summed E-state index contributed by atoms with van der Waals surface area (Å²) in [6.45, 7) is 5.64. The second-order valence-electron chi connectivity index (χ2n) is 7.32. The lowest BCUT2D eigenvalue weighted by Gasteiger charge is -2.39. The van der Waals surface area contributed by atoms with Crippen LogP contribution >= 0.6 is 12.2 Å². The summed E-state index contributed by atoms with van der Waals surface area (Å²) in [7, 11) is 0. The number of nitro groups is 1. The largest absolute Gasteiger partial charge is 0.348 e. The number of fused-ring (bicyclic) bond motifs is 1. The predicted molar refractivity (Wildman–Crippen MR) is 118 cm³/mol. The molecule has 148 valence electrons. The van der Waals surface area contributed by atoms with Gasteiger partial charge in [0.05, 0.1) is 11.0 Å². The molecule has 0 spiro atoms. The van der Waals surface area contributed by atoms with Crippen LogP contribution in [0.15, 0.2) is 60.8 Å². The van der Waals surface area contributed by atoms with Gasteiger partial charge in [-0.15, -0.1) is 0 Å². The highest BCUT2D eigenvalue weighted by molar-refractivity contribution is 7.80. The smallest absolute Gasteiger partial charge is 0.269 e. The van der Waals surface area contributed by atoms with Gasteiger partial charge in [-0.05, 0) is 55.4 Å². The summed E-state index contributed by atoms with van der Waals surface area (Å²) in [5.41, 5.74) is 5.30. The highest BCUT2D eigenvalue weighted by Gasteiger charge is 2.31. The standard InChI is InChI=1S/C22H22N4O2S/c1-15-8-9-19(16(2)13-15)23-22(29)25-12-11-24-10-4-7-20(24)21(25)17-5-3-6-18(14-17)26(27)28/h3-10,13-14,21H,11-12H2,1-2H3,(H,23,29)/t21-/m0/s1. The number of nitro benzene ring substituents is 1. The van der Waals surface area contributed by atoms with Crippen molar-refractivity contribution in [2.75, 3.05) is 11.9 Å². The highest BCUT2D eigenvalue weighted by atomic mass is 32.1. The van der Waals surface area contributed by atoms with Crippen molar-refractivity contribution in [3.05, 3.63) is 93.3 Å². The zero-order valence-electron chi connectivity index (χ0n) is 16.3. The molecule has 0 amide bonds. The minimum Gasteiger partial charge on any atom is -0.348 e. The van der Waals surface area contributed by atoms with Crippen LogP contribution in [0.3, 0.4) is 0 Å². The SMILES string of the molecule is Cc1ccc(NC(=S)N2CCn3cccc3[C@@H]2c2cccc([N+](=O)[O-])c2)c(C)c1. The van der Waals surface area contributed by atoms with Gasteiger partial charge in [-0.3, -0.25) is 10.1 Å². The van der Waals surface area contributed by atoms with Gasteiger partial charge >= 0.3 is 0 Å². The predicted octanol–water partition coefficient (Wildman–Crippen LogP) is 4.82. The average Bonchev–Trinajstić information content (AvgIpc) is 3.18. The molecule has 29 heavy (non-hydrogen) atoms. The third-order valence-electron chi connectivity index (χ3n) is 5.32. The first kappa shape index (κ1) is 19.1. The third-order valence-corrected chi connectivity index (χ3v) is 5.66. The van der Waals surface area contributed by atoms with E-state index in [1.165, 1.54) is 11.6 Å². The molecule has 1 aliphatic heterocycles. The Morgan fingerprint density at radius 1 is 1.14 bits per heavy atom. The summed E-state index contributed by atoms with van der Waals surface area (Å²) >= 11 is 5.78. The number of aryl methyl sites for hydroxylation is 2. The maximum absolute atomic E-state index is 11.3. The average molecular weight is 407 g/mol. The molecule has 1 aromatic heterocycles. The molecular weight excluding hydrogens is 384 g/mol. The van der Waals surface area contributed by atoms with E-state index in [0.29, 0.717) is 11.7 Å². The first-order valence-corrected chi connectivity index (χ1v) is 9.89. The number of hydrogen-bond acceptors (Lipinski definition) is 3. The molecule has 4 rings (SSSR count). The second kappa shape index (κ2) is 7.67. The van der Waals surface area contributed by atoms with Crippen LogP contribution in [0.5, 0.6) is 0 Å². The van der Waals surface area contributed by atoms with Crippen molar-refractivity contribution in [3.63, 3.8) is 0 Å². The number of thiocarbonyl (C=S) groups is 1. The summed E-state index contributed by atoms with van der Waals surface area (Å²) in [6.07, 6.45) is 2.04. The molecular formula is C22H22N4O2S. The van der Waals surface area contributed by atoms with Crippen molar-refractivity contribution in [3.8, 4) is 0 Å². The van der Waals surface area contributed by atoms with Gasteiger partial charge in [0.2, 0.25) is 0 Å². The van der Waals surface area contributed by atoms with E-state index in [9.17, 15) is 10.1 Å². The number of non-ortho nitro benzene ring substituents is 1. The van der Waals surface area contributed by atoms with Crippen molar-refractivity contribution in [2.45, 2.75) is 26.4 Å². The van der Waals surface area contributed by atoms with Crippen LogP contribution in [-0.2, 0) is 6.54 Å². The number of aromatic nitrogens is 1. The maximum atomic E-state index is 11.3. The summed E-state index contributed by atoms with van der Waals surface area (Å²) in [6, 6.07) is 16.9. The van der Waals surface area contributed by atoms with Crippen LogP contribution < -0.4 is 5.32 Å². The quantitative estimate of drug-likeness (QED) is 0.384. The van der Waals surface area contributed by atoms with Crippen LogP contribution in [0.4, 0.5) is 11.4 Å².